The van der Waals surface area contributed by atoms with Crippen LogP contribution < -0.4 is 0 Å². The van der Waals surface area contributed by atoms with Crippen LogP contribution in [0.5, 0.6) is 0 Å². The second-order valence-electron chi connectivity index (χ2n) is 9.79. The van der Waals surface area contributed by atoms with Crippen LogP contribution in [0.2, 0.25) is 0 Å². The highest BCUT2D eigenvalue weighted by molar-refractivity contribution is 6.10. The molecule has 3 amide bonds. The number of nitrogens with zero attached hydrogens (tertiary/aromatic N) is 3. The zero-order chi connectivity index (χ0) is 25.0. The van der Waals surface area contributed by atoms with Crippen molar-refractivity contribution in [1.29, 1.82) is 0 Å². The summed E-state index contributed by atoms with van der Waals surface area (Å²) in [6, 6.07) is 25.4. The standard InChI is InChI=1S/C30H31N3O3/c34-27(32-18-14-24(15-19-32)23-9-3-1-4-10-23)21-30(25-11-5-2-6-12-25)22-28(35)33(29(30)36)20-16-26-13-7-8-17-31-26/h1-13,17,24H,14-16,18-22H2/t30-/m1/s1. The van der Waals surface area contributed by atoms with E-state index in [-0.39, 0.29) is 37.1 Å². The van der Waals surface area contributed by atoms with Gasteiger partial charge in [-0.05, 0) is 42.0 Å². The number of pyridine rings is 1. The van der Waals surface area contributed by atoms with Gasteiger partial charge in [0.1, 0.15) is 0 Å². The smallest absolute Gasteiger partial charge is 0.240 e. The molecule has 0 unspecified atom stereocenters. The van der Waals surface area contributed by atoms with Gasteiger partial charge in [0, 0.05) is 50.8 Å². The predicted molar refractivity (Wildman–Crippen MR) is 137 cm³/mol. The quantitative estimate of drug-likeness (QED) is 0.476. The van der Waals surface area contributed by atoms with E-state index in [0.29, 0.717) is 25.4 Å². The minimum absolute atomic E-state index is 0.0116. The number of carbonyl (C=O) groups excluding carboxylic acids is 3. The number of rotatable bonds is 7. The van der Waals surface area contributed by atoms with Crippen molar-refractivity contribution < 1.29 is 14.4 Å². The summed E-state index contributed by atoms with van der Waals surface area (Å²) in [7, 11) is 0. The first kappa shape index (κ1) is 23.9. The predicted octanol–water partition coefficient (Wildman–Crippen LogP) is 4.12. The fourth-order valence-electron chi connectivity index (χ4n) is 5.58. The van der Waals surface area contributed by atoms with Crippen LogP contribution in [0.15, 0.2) is 85.1 Å². The van der Waals surface area contributed by atoms with E-state index in [9.17, 15) is 14.4 Å². The van der Waals surface area contributed by atoms with Crippen molar-refractivity contribution in [3.8, 4) is 0 Å². The first-order chi connectivity index (χ1) is 17.6. The van der Waals surface area contributed by atoms with Crippen molar-refractivity contribution in [3.05, 3.63) is 102 Å². The molecule has 0 aliphatic carbocycles. The van der Waals surface area contributed by atoms with Gasteiger partial charge in [0.05, 0.1) is 5.41 Å². The number of amides is 3. The third kappa shape index (κ3) is 4.81. The molecule has 0 spiro atoms. The Labute approximate surface area is 212 Å². The van der Waals surface area contributed by atoms with Gasteiger partial charge < -0.3 is 4.90 Å². The Morgan fingerprint density at radius 1 is 0.889 bits per heavy atom. The molecule has 5 rings (SSSR count). The minimum atomic E-state index is -1.16. The molecule has 1 atom stereocenters. The number of aromatic nitrogens is 1. The normalized spacial score (nSPS) is 20.7. The molecule has 36 heavy (non-hydrogen) atoms. The second kappa shape index (κ2) is 10.4. The summed E-state index contributed by atoms with van der Waals surface area (Å²) < 4.78 is 0. The van der Waals surface area contributed by atoms with Gasteiger partial charge in [0.15, 0.2) is 0 Å². The monoisotopic (exact) mass is 481 g/mol. The summed E-state index contributed by atoms with van der Waals surface area (Å²) in [5.41, 5.74) is 1.71. The Morgan fingerprint density at radius 3 is 2.22 bits per heavy atom. The lowest BCUT2D eigenvalue weighted by atomic mass is 9.75. The molecule has 2 aromatic carbocycles. The van der Waals surface area contributed by atoms with Gasteiger partial charge >= 0.3 is 0 Å². The first-order valence-corrected chi connectivity index (χ1v) is 12.7. The van der Waals surface area contributed by atoms with Crippen molar-refractivity contribution in [2.45, 2.75) is 43.4 Å². The van der Waals surface area contributed by atoms with Gasteiger partial charge in [-0.15, -0.1) is 0 Å². The highest BCUT2D eigenvalue weighted by atomic mass is 16.2. The summed E-state index contributed by atoms with van der Waals surface area (Å²) in [5, 5.41) is 0. The summed E-state index contributed by atoms with van der Waals surface area (Å²) in [6.07, 6.45) is 4.03. The van der Waals surface area contributed by atoms with E-state index in [1.165, 1.54) is 10.5 Å². The molecule has 0 radical (unpaired) electrons. The van der Waals surface area contributed by atoms with E-state index < -0.39 is 5.41 Å². The van der Waals surface area contributed by atoms with Gasteiger partial charge in [0.25, 0.3) is 0 Å². The Hall–Kier alpha value is -3.80. The fraction of sp³-hybridized carbons (Fsp3) is 0.333. The van der Waals surface area contributed by atoms with Crippen LogP contribution in [0.4, 0.5) is 0 Å². The molecule has 3 aromatic rings. The maximum Gasteiger partial charge on any atom is 0.240 e. The molecular formula is C30H31N3O3. The number of piperidine rings is 1. The maximum atomic E-state index is 13.8. The molecule has 2 aliphatic rings. The van der Waals surface area contributed by atoms with Gasteiger partial charge in [-0.25, -0.2) is 0 Å². The van der Waals surface area contributed by atoms with Crippen molar-refractivity contribution >= 4 is 17.7 Å². The first-order valence-electron chi connectivity index (χ1n) is 12.7. The van der Waals surface area contributed by atoms with E-state index in [1.807, 2.05) is 59.5 Å². The lowest BCUT2D eigenvalue weighted by molar-refractivity contribution is -0.143. The Kier molecular flexibility index (Phi) is 6.94. The van der Waals surface area contributed by atoms with E-state index in [0.717, 1.165) is 24.1 Å². The summed E-state index contributed by atoms with van der Waals surface area (Å²) in [4.78, 5) is 48.0. The van der Waals surface area contributed by atoms with Gasteiger partial charge in [-0.3, -0.25) is 24.3 Å². The Balaban J connectivity index is 1.32. The molecule has 2 saturated heterocycles. The summed E-state index contributed by atoms with van der Waals surface area (Å²) in [6.45, 7) is 1.59. The maximum absolute atomic E-state index is 13.8. The largest absolute Gasteiger partial charge is 0.343 e. The minimum Gasteiger partial charge on any atom is -0.343 e. The van der Waals surface area contributed by atoms with Crippen LogP contribution in [0.1, 0.15) is 48.4 Å². The van der Waals surface area contributed by atoms with Crippen molar-refractivity contribution in [1.82, 2.24) is 14.8 Å². The molecule has 0 bridgehead atoms. The molecule has 6 heteroatoms. The number of likely N-dealkylation sites (tertiary alicyclic amines) is 2. The Morgan fingerprint density at radius 2 is 1.56 bits per heavy atom. The van der Waals surface area contributed by atoms with E-state index in [2.05, 4.69) is 29.2 Å². The van der Waals surface area contributed by atoms with Crippen molar-refractivity contribution in [3.63, 3.8) is 0 Å². The molecule has 1 aromatic heterocycles. The number of hydrogen-bond acceptors (Lipinski definition) is 4. The SMILES string of the molecule is O=C(C[C@]1(c2ccccc2)CC(=O)N(CCc2ccccn2)C1=O)N1CCC(c2ccccc2)CC1. The number of benzene rings is 2. The zero-order valence-corrected chi connectivity index (χ0v) is 20.4. The highest BCUT2D eigenvalue weighted by Crippen LogP contribution is 2.41. The molecule has 6 nitrogen and oxygen atoms in total. The van der Waals surface area contributed by atoms with Crippen molar-refractivity contribution in [2.75, 3.05) is 19.6 Å². The average Bonchev–Trinajstić information content (AvgIpc) is 3.18. The molecular weight excluding hydrogens is 450 g/mol. The van der Waals surface area contributed by atoms with Gasteiger partial charge in [0.2, 0.25) is 17.7 Å². The molecule has 0 N–H and O–H groups in total. The molecule has 2 fully saturated rings. The van der Waals surface area contributed by atoms with Crippen molar-refractivity contribution in [2.24, 2.45) is 0 Å². The fourth-order valence-corrected chi connectivity index (χ4v) is 5.58. The molecule has 3 heterocycles. The molecule has 184 valence electrons. The average molecular weight is 482 g/mol. The van der Waals surface area contributed by atoms with Crippen LogP contribution in [0.3, 0.4) is 0 Å². The highest BCUT2D eigenvalue weighted by Gasteiger charge is 2.54. The Bertz CT molecular complexity index is 1210. The lowest BCUT2D eigenvalue weighted by Gasteiger charge is -2.35. The van der Waals surface area contributed by atoms with Crippen LogP contribution in [0, 0.1) is 0 Å². The third-order valence-electron chi connectivity index (χ3n) is 7.62. The van der Waals surface area contributed by atoms with E-state index in [1.54, 1.807) is 6.20 Å². The lowest BCUT2D eigenvalue weighted by Crippen LogP contribution is -2.45. The third-order valence-corrected chi connectivity index (χ3v) is 7.62. The molecule has 2 aliphatic heterocycles. The van der Waals surface area contributed by atoms with E-state index in [4.69, 9.17) is 0 Å². The van der Waals surface area contributed by atoms with Crippen LogP contribution in [-0.4, -0.2) is 52.1 Å². The zero-order valence-electron chi connectivity index (χ0n) is 20.4. The number of hydrogen-bond donors (Lipinski definition) is 0. The number of carbonyl (C=O) groups is 3. The van der Waals surface area contributed by atoms with Gasteiger partial charge in [-0.1, -0.05) is 66.7 Å². The van der Waals surface area contributed by atoms with Gasteiger partial charge in [-0.2, -0.15) is 0 Å². The number of imide groups is 1. The van der Waals surface area contributed by atoms with Crippen LogP contribution >= 0.6 is 0 Å². The second-order valence-corrected chi connectivity index (χ2v) is 9.79. The van der Waals surface area contributed by atoms with Crippen LogP contribution in [0.25, 0.3) is 0 Å². The summed E-state index contributed by atoms with van der Waals surface area (Å²) >= 11 is 0. The topological polar surface area (TPSA) is 70.6 Å². The molecule has 0 saturated carbocycles. The van der Waals surface area contributed by atoms with Crippen LogP contribution in [-0.2, 0) is 26.2 Å². The van der Waals surface area contributed by atoms with E-state index >= 15 is 0 Å². The summed E-state index contributed by atoms with van der Waals surface area (Å²) in [5.74, 6) is -0.120.